The fraction of sp³-hybridized carbons (Fsp3) is 0.333. The molecule has 20 heavy (non-hydrogen) atoms. The topological polar surface area (TPSA) is 49.0 Å². The summed E-state index contributed by atoms with van der Waals surface area (Å²) in [6.45, 7) is 1.71. The molecule has 1 amide bonds. The minimum Gasteiger partial charge on any atom is -0.337 e. The number of carbonyl (C=O) groups excluding carboxylic acids is 1. The molecule has 0 radical (unpaired) electrons. The first-order valence-corrected chi connectivity index (χ1v) is 7.64. The van der Waals surface area contributed by atoms with Crippen molar-refractivity contribution in [1.82, 2.24) is 15.1 Å². The molecular formula is C15H16BrN3O. The molecule has 0 saturated carbocycles. The molecule has 4 nitrogen and oxygen atoms in total. The summed E-state index contributed by atoms with van der Waals surface area (Å²) in [5, 5.41) is 7.11. The van der Waals surface area contributed by atoms with Crippen LogP contribution in [-0.4, -0.2) is 34.1 Å². The number of hydrogen-bond donors (Lipinski definition) is 1. The Labute approximate surface area is 126 Å². The van der Waals surface area contributed by atoms with Gasteiger partial charge in [0, 0.05) is 23.1 Å². The maximum Gasteiger partial charge on any atom is 0.271 e. The third kappa shape index (κ3) is 2.77. The minimum atomic E-state index is 0.0561. The number of nitrogens with zero attached hydrogens (tertiary/aromatic N) is 2. The Morgan fingerprint density at radius 3 is 2.55 bits per heavy atom. The van der Waals surface area contributed by atoms with Gasteiger partial charge in [0.25, 0.3) is 5.91 Å². The zero-order chi connectivity index (χ0) is 13.9. The summed E-state index contributed by atoms with van der Waals surface area (Å²) in [5.74, 6) is 0.0561. The van der Waals surface area contributed by atoms with E-state index in [1.54, 1.807) is 0 Å². The van der Waals surface area contributed by atoms with Gasteiger partial charge in [-0.25, -0.2) is 0 Å². The second-order valence-corrected chi connectivity index (χ2v) is 5.94. The van der Waals surface area contributed by atoms with Gasteiger partial charge < -0.3 is 4.90 Å². The molecule has 1 aromatic heterocycles. The number of halogens is 1. The molecule has 0 aliphatic carbocycles. The number of likely N-dealkylation sites (tertiary alicyclic amines) is 1. The van der Waals surface area contributed by atoms with E-state index in [9.17, 15) is 4.79 Å². The van der Waals surface area contributed by atoms with E-state index < -0.39 is 0 Å². The molecule has 1 aliphatic rings. The zero-order valence-electron chi connectivity index (χ0n) is 11.1. The van der Waals surface area contributed by atoms with E-state index in [2.05, 4.69) is 26.1 Å². The van der Waals surface area contributed by atoms with Crippen LogP contribution in [0.5, 0.6) is 0 Å². The van der Waals surface area contributed by atoms with Crippen LogP contribution in [0.25, 0.3) is 11.3 Å². The van der Waals surface area contributed by atoms with Crippen molar-refractivity contribution in [1.29, 1.82) is 0 Å². The zero-order valence-corrected chi connectivity index (χ0v) is 12.7. The van der Waals surface area contributed by atoms with Crippen LogP contribution in [0.4, 0.5) is 0 Å². The van der Waals surface area contributed by atoms with Gasteiger partial charge in [-0.3, -0.25) is 9.89 Å². The van der Waals surface area contributed by atoms with Gasteiger partial charge in [0.15, 0.2) is 0 Å². The lowest BCUT2D eigenvalue weighted by Crippen LogP contribution is -2.35. The molecule has 104 valence electrons. The van der Waals surface area contributed by atoms with E-state index in [0.717, 1.165) is 41.7 Å². The fourth-order valence-corrected chi connectivity index (χ4v) is 2.73. The van der Waals surface area contributed by atoms with Crippen molar-refractivity contribution in [2.75, 3.05) is 13.1 Å². The quantitative estimate of drug-likeness (QED) is 0.914. The van der Waals surface area contributed by atoms with E-state index in [-0.39, 0.29) is 5.91 Å². The van der Waals surface area contributed by atoms with E-state index in [1.165, 1.54) is 6.42 Å². The normalized spacial score (nSPS) is 15.3. The molecule has 1 fully saturated rings. The van der Waals surface area contributed by atoms with Crippen molar-refractivity contribution in [3.8, 4) is 11.3 Å². The van der Waals surface area contributed by atoms with Gasteiger partial charge in [0.1, 0.15) is 5.69 Å². The summed E-state index contributed by atoms with van der Waals surface area (Å²) >= 11 is 3.41. The van der Waals surface area contributed by atoms with Crippen LogP contribution >= 0.6 is 15.9 Å². The van der Waals surface area contributed by atoms with E-state index in [0.29, 0.717) is 5.69 Å². The summed E-state index contributed by atoms with van der Waals surface area (Å²) in [6.07, 6.45) is 3.41. The first kappa shape index (κ1) is 13.4. The molecule has 0 unspecified atom stereocenters. The van der Waals surface area contributed by atoms with Crippen molar-refractivity contribution < 1.29 is 4.79 Å². The SMILES string of the molecule is O=C(c1cc(-c2ccc(Br)cc2)n[nH]1)N1CCCCC1. The predicted molar refractivity (Wildman–Crippen MR) is 81.5 cm³/mol. The number of aromatic nitrogens is 2. The number of piperidine rings is 1. The average Bonchev–Trinajstić information content (AvgIpc) is 2.98. The van der Waals surface area contributed by atoms with Crippen LogP contribution in [0.2, 0.25) is 0 Å². The minimum absolute atomic E-state index is 0.0561. The van der Waals surface area contributed by atoms with Crippen molar-refractivity contribution >= 4 is 21.8 Å². The third-order valence-corrected chi connectivity index (χ3v) is 4.12. The van der Waals surface area contributed by atoms with Gasteiger partial charge in [-0.15, -0.1) is 0 Å². The van der Waals surface area contributed by atoms with Gasteiger partial charge in [0.05, 0.1) is 5.69 Å². The lowest BCUT2D eigenvalue weighted by Gasteiger charge is -2.25. The highest BCUT2D eigenvalue weighted by molar-refractivity contribution is 9.10. The van der Waals surface area contributed by atoms with Crippen LogP contribution in [0.15, 0.2) is 34.8 Å². The fourth-order valence-electron chi connectivity index (χ4n) is 2.47. The van der Waals surface area contributed by atoms with Gasteiger partial charge in [-0.1, -0.05) is 28.1 Å². The lowest BCUT2D eigenvalue weighted by molar-refractivity contribution is 0.0718. The van der Waals surface area contributed by atoms with Crippen molar-refractivity contribution in [2.24, 2.45) is 0 Å². The Morgan fingerprint density at radius 1 is 1.15 bits per heavy atom. The molecule has 0 bridgehead atoms. The second kappa shape index (κ2) is 5.79. The van der Waals surface area contributed by atoms with E-state index in [1.807, 2.05) is 35.2 Å². The molecule has 0 spiro atoms. The van der Waals surface area contributed by atoms with Crippen molar-refractivity contribution in [3.05, 3.63) is 40.5 Å². The summed E-state index contributed by atoms with van der Waals surface area (Å²) in [5.41, 5.74) is 2.38. The Balaban J connectivity index is 1.79. The molecule has 1 saturated heterocycles. The van der Waals surface area contributed by atoms with Gasteiger partial charge in [0.2, 0.25) is 0 Å². The van der Waals surface area contributed by atoms with E-state index in [4.69, 9.17) is 0 Å². The van der Waals surface area contributed by atoms with Gasteiger partial charge in [-0.05, 0) is 37.5 Å². The van der Waals surface area contributed by atoms with E-state index >= 15 is 0 Å². The Hall–Kier alpha value is -1.62. The number of H-pyrrole nitrogens is 1. The molecule has 1 aromatic carbocycles. The van der Waals surface area contributed by atoms with Crippen molar-refractivity contribution in [2.45, 2.75) is 19.3 Å². The highest BCUT2D eigenvalue weighted by Gasteiger charge is 2.20. The lowest BCUT2D eigenvalue weighted by atomic mass is 10.1. The average molecular weight is 334 g/mol. The number of aromatic amines is 1. The highest BCUT2D eigenvalue weighted by atomic mass is 79.9. The van der Waals surface area contributed by atoms with Gasteiger partial charge >= 0.3 is 0 Å². The number of rotatable bonds is 2. The third-order valence-electron chi connectivity index (χ3n) is 3.59. The van der Waals surface area contributed by atoms with Crippen LogP contribution in [0, 0.1) is 0 Å². The highest BCUT2D eigenvalue weighted by Crippen LogP contribution is 2.21. The Bertz CT molecular complexity index is 600. The van der Waals surface area contributed by atoms with Crippen LogP contribution in [-0.2, 0) is 0 Å². The number of carbonyl (C=O) groups is 1. The molecule has 0 atom stereocenters. The molecule has 2 heterocycles. The first-order valence-electron chi connectivity index (χ1n) is 6.85. The number of amides is 1. The van der Waals surface area contributed by atoms with Crippen LogP contribution in [0.1, 0.15) is 29.8 Å². The second-order valence-electron chi connectivity index (χ2n) is 5.03. The van der Waals surface area contributed by atoms with Crippen LogP contribution < -0.4 is 0 Å². The largest absolute Gasteiger partial charge is 0.337 e. The maximum absolute atomic E-state index is 12.3. The molecule has 3 rings (SSSR count). The molecule has 1 N–H and O–H groups in total. The van der Waals surface area contributed by atoms with Crippen LogP contribution in [0.3, 0.4) is 0 Å². The molecular weight excluding hydrogens is 318 g/mol. The summed E-state index contributed by atoms with van der Waals surface area (Å²) in [6, 6.07) is 9.73. The molecule has 1 aliphatic heterocycles. The molecule has 2 aromatic rings. The first-order chi connectivity index (χ1) is 9.74. The van der Waals surface area contributed by atoms with Gasteiger partial charge in [-0.2, -0.15) is 5.10 Å². The summed E-state index contributed by atoms with van der Waals surface area (Å²) < 4.78 is 1.03. The standard InChI is InChI=1S/C15H16BrN3O/c16-12-6-4-11(5-7-12)13-10-14(18-17-13)15(20)19-8-2-1-3-9-19/h4-7,10H,1-3,8-9H2,(H,17,18). The smallest absolute Gasteiger partial charge is 0.271 e. The number of nitrogens with one attached hydrogen (secondary N) is 1. The molecule has 5 heteroatoms. The monoisotopic (exact) mass is 333 g/mol. The number of hydrogen-bond acceptors (Lipinski definition) is 2. The maximum atomic E-state index is 12.3. The summed E-state index contributed by atoms with van der Waals surface area (Å²) in [4.78, 5) is 14.3. The summed E-state index contributed by atoms with van der Waals surface area (Å²) in [7, 11) is 0. The Kier molecular flexibility index (Phi) is 3.87. The predicted octanol–water partition coefficient (Wildman–Crippen LogP) is 3.47. The number of benzene rings is 1. The Morgan fingerprint density at radius 2 is 1.85 bits per heavy atom. The van der Waals surface area contributed by atoms with Crippen molar-refractivity contribution in [3.63, 3.8) is 0 Å².